The van der Waals surface area contributed by atoms with Crippen LogP contribution in [-0.4, -0.2) is 31.2 Å². The van der Waals surface area contributed by atoms with Gasteiger partial charge in [-0.1, -0.05) is 6.07 Å². The van der Waals surface area contributed by atoms with Gasteiger partial charge in [0.15, 0.2) is 5.82 Å². The zero-order valence-electron chi connectivity index (χ0n) is 11.9. The van der Waals surface area contributed by atoms with Crippen LogP contribution >= 0.6 is 0 Å². The first-order valence-corrected chi connectivity index (χ1v) is 6.91. The number of amides is 2. The summed E-state index contributed by atoms with van der Waals surface area (Å²) in [6, 6.07) is 3.42. The first kappa shape index (κ1) is 13.5. The van der Waals surface area contributed by atoms with Gasteiger partial charge in [-0.05, 0) is 48.7 Å². The lowest BCUT2D eigenvalue weighted by Gasteiger charge is -2.13. The minimum absolute atomic E-state index is 0.272. The third-order valence-electron chi connectivity index (χ3n) is 3.30. The maximum atomic E-state index is 12.0. The topological polar surface area (TPSA) is 97.6 Å². The molecule has 1 aliphatic carbocycles. The molecule has 1 fully saturated rings. The summed E-state index contributed by atoms with van der Waals surface area (Å²) in [4.78, 5) is 16.1. The largest absolute Gasteiger partial charge is 0.328 e. The number of carbonyl (C=O) groups is 1. The molecule has 3 rings (SSSR count). The van der Waals surface area contributed by atoms with Crippen molar-refractivity contribution in [1.82, 2.24) is 30.5 Å². The number of nitrogens with zero attached hydrogens (tertiary/aromatic N) is 5. The van der Waals surface area contributed by atoms with E-state index in [0.717, 1.165) is 18.4 Å². The highest BCUT2D eigenvalue weighted by Gasteiger charge is 2.29. The van der Waals surface area contributed by atoms with Crippen LogP contribution in [0.4, 0.5) is 10.6 Å². The number of anilines is 1. The Labute approximate surface area is 122 Å². The fourth-order valence-corrected chi connectivity index (χ4v) is 2.02. The number of aryl methyl sites for hydroxylation is 1. The van der Waals surface area contributed by atoms with Gasteiger partial charge in [-0.15, -0.1) is 5.10 Å². The number of pyridine rings is 1. The first-order chi connectivity index (χ1) is 10.1. The fraction of sp³-hybridized carbons (Fsp3) is 0.462. The van der Waals surface area contributed by atoms with Crippen molar-refractivity contribution in [3.05, 3.63) is 29.7 Å². The quantitative estimate of drug-likeness (QED) is 0.890. The van der Waals surface area contributed by atoms with Crippen molar-refractivity contribution in [2.45, 2.75) is 38.8 Å². The van der Waals surface area contributed by atoms with E-state index < -0.39 is 0 Å². The molecule has 2 amide bonds. The average Bonchev–Trinajstić information content (AvgIpc) is 3.18. The lowest BCUT2D eigenvalue weighted by atomic mass is 10.3. The Bertz CT molecular complexity index is 632. The van der Waals surface area contributed by atoms with Crippen molar-refractivity contribution in [3.8, 4) is 0 Å². The molecule has 0 spiro atoms. The summed E-state index contributed by atoms with van der Waals surface area (Å²) in [5, 5.41) is 17.2. The fourth-order valence-electron chi connectivity index (χ4n) is 2.02. The van der Waals surface area contributed by atoms with Crippen LogP contribution in [0.15, 0.2) is 18.3 Å². The van der Waals surface area contributed by atoms with Gasteiger partial charge in [0.25, 0.3) is 0 Å². The van der Waals surface area contributed by atoms with Crippen molar-refractivity contribution < 1.29 is 4.79 Å². The third-order valence-corrected chi connectivity index (χ3v) is 3.30. The average molecular weight is 287 g/mol. The lowest BCUT2D eigenvalue weighted by Crippen LogP contribution is -2.33. The molecule has 0 aromatic carbocycles. The van der Waals surface area contributed by atoms with E-state index in [1.54, 1.807) is 16.9 Å². The number of rotatable bonds is 4. The number of hydrogen-bond donors (Lipinski definition) is 2. The Hall–Kier alpha value is -2.51. The molecule has 1 atom stereocenters. The van der Waals surface area contributed by atoms with Gasteiger partial charge < -0.3 is 5.32 Å². The summed E-state index contributed by atoms with van der Waals surface area (Å²) >= 11 is 0. The number of nitrogens with one attached hydrogen (secondary N) is 2. The monoisotopic (exact) mass is 287 g/mol. The number of urea groups is 1. The van der Waals surface area contributed by atoms with E-state index in [9.17, 15) is 4.79 Å². The van der Waals surface area contributed by atoms with Gasteiger partial charge in [-0.2, -0.15) is 0 Å². The molecule has 2 aromatic rings. The molecule has 2 aromatic heterocycles. The Morgan fingerprint density at radius 3 is 2.90 bits per heavy atom. The van der Waals surface area contributed by atoms with Crippen LogP contribution in [-0.2, 0) is 0 Å². The second-order valence-electron chi connectivity index (χ2n) is 5.25. The van der Waals surface area contributed by atoms with Gasteiger partial charge in [-0.3, -0.25) is 5.32 Å². The minimum Gasteiger partial charge on any atom is -0.328 e. The first-order valence-electron chi connectivity index (χ1n) is 6.91. The standard InChI is InChI=1S/C13H17N7O/c1-8-3-6-11(14-7-8)16-13(21)15-9(2)12-17-18-19-20(12)10-4-5-10/h3,6-7,9-10H,4-5H2,1-2H3,(H2,14,15,16,21). The van der Waals surface area contributed by atoms with Crippen molar-refractivity contribution >= 4 is 11.8 Å². The highest BCUT2D eigenvalue weighted by Crippen LogP contribution is 2.35. The SMILES string of the molecule is Cc1ccc(NC(=O)NC(C)c2nnnn2C2CC2)nc1. The van der Waals surface area contributed by atoms with E-state index >= 15 is 0 Å². The van der Waals surface area contributed by atoms with Crippen molar-refractivity contribution in [2.24, 2.45) is 0 Å². The molecule has 0 radical (unpaired) electrons. The predicted octanol–water partition coefficient (Wildman–Crippen LogP) is 1.59. The smallest absolute Gasteiger partial charge is 0.320 e. The highest BCUT2D eigenvalue weighted by molar-refractivity contribution is 5.88. The van der Waals surface area contributed by atoms with Crippen LogP contribution in [0, 0.1) is 6.92 Å². The van der Waals surface area contributed by atoms with Crippen LogP contribution < -0.4 is 10.6 Å². The number of tetrazole rings is 1. The molecule has 110 valence electrons. The summed E-state index contributed by atoms with van der Waals surface area (Å²) in [6.07, 6.45) is 3.88. The molecule has 0 aliphatic heterocycles. The Kier molecular flexibility index (Phi) is 3.51. The van der Waals surface area contributed by atoms with E-state index in [1.165, 1.54) is 0 Å². The van der Waals surface area contributed by atoms with Gasteiger partial charge in [0, 0.05) is 6.20 Å². The number of hydrogen-bond acceptors (Lipinski definition) is 5. The second kappa shape index (κ2) is 5.47. The molecule has 21 heavy (non-hydrogen) atoms. The summed E-state index contributed by atoms with van der Waals surface area (Å²) in [6.45, 7) is 3.79. The zero-order chi connectivity index (χ0) is 14.8. The minimum atomic E-state index is -0.329. The Morgan fingerprint density at radius 2 is 2.24 bits per heavy atom. The van der Waals surface area contributed by atoms with Gasteiger partial charge in [0.2, 0.25) is 0 Å². The second-order valence-corrected chi connectivity index (χ2v) is 5.25. The molecule has 1 unspecified atom stereocenters. The van der Waals surface area contributed by atoms with Crippen molar-refractivity contribution in [3.63, 3.8) is 0 Å². The van der Waals surface area contributed by atoms with E-state index in [2.05, 4.69) is 31.1 Å². The zero-order valence-corrected chi connectivity index (χ0v) is 11.9. The summed E-state index contributed by atoms with van der Waals surface area (Å²) < 4.78 is 1.79. The van der Waals surface area contributed by atoms with Gasteiger partial charge in [0.05, 0.1) is 12.1 Å². The van der Waals surface area contributed by atoms with Gasteiger partial charge in [-0.25, -0.2) is 14.5 Å². The highest BCUT2D eigenvalue weighted by atomic mass is 16.2. The molecule has 0 saturated heterocycles. The van der Waals surface area contributed by atoms with Crippen molar-refractivity contribution in [1.29, 1.82) is 0 Å². The van der Waals surface area contributed by atoms with Crippen LogP contribution in [0.1, 0.15) is 43.2 Å². The van der Waals surface area contributed by atoms with E-state index in [0.29, 0.717) is 17.7 Å². The normalized spacial score (nSPS) is 15.5. The third kappa shape index (κ3) is 3.15. The van der Waals surface area contributed by atoms with Crippen LogP contribution in [0.2, 0.25) is 0 Å². The molecule has 1 aliphatic rings. The summed E-state index contributed by atoms with van der Waals surface area (Å²) in [7, 11) is 0. The lowest BCUT2D eigenvalue weighted by molar-refractivity contribution is 0.248. The number of aromatic nitrogens is 5. The molecule has 2 N–H and O–H groups in total. The molecule has 1 saturated carbocycles. The molecular formula is C13H17N7O. The number of carbonyl (C=O) groups excluding carboxylic acids is 1. The molecule has 8 heteroatoms. The maximum Gasteiger partial charge on any atom is 0.320 e. The predicted molar refractivity (Wildman–Crippen MR) is 75.6 cm³/mol. The molecule has 2 heterocycles. The molecular weight excluding hydrogens is 270 g/mol. The maximum absolute atomic E-state index is 12.0. The Balaban J connectivity index is 1.61. The van der Waals surface area contributed by atoms with E-state index in [1.807, 2.05) is 19.9 Å². The van der Waals surface area contributed by atoms with Crippen LogP contribution in [0.25, 0.3) is 0 Å². The van der Waals surface area contributed by atoms with Gasteiger partial charge >= 0.3 is 6.03 Å². The van der Waals surface area contributed by atoms with Gasteiger partial charge in [0.1, 0.15) is 5.82 Å². The van der Waals surface area contributed by atoms with E-state index in [4.69, 9.17) is 0 Å². The van der Waals surface area contributed by atoms with Crippen molar-refractivity contribution in [2.75, 3.05) is 5.32 Å². The van der Waals surface area contributed by atoms with E-state index in [-0.39, 0.29) is 12.1 Å². The molecule has 0 bridgehead atoms. The summed E-state index contributed by atoms with van der Waals surface area (Å²) in [5.74, 6) is 1.18. The van der Waals surface area contributed by atoms with Crippen LogP contribution in [0.3, 0.4) is 0 Å². The molecule has 8 nitrogen and oxygen atoms in total. The Morgan fingerprint density at radius 1 is 1.43 bits per heavy atom. The summed E-state index contributed by atoms with van der Waals surface area (Å²) in [5.41, 5.74) is 1.04. The van der Waals surface area contributed by atoms with Crippen LogP contribution in [0.5, 0.6) is 0 Å².